The molecule has 1 aromatic rings. The molecule has 0 aliphatic heterocycles. The van der Waals surface area contributed by atoms with Crippen LogP contribution in [0.2, 0.25) is 0 Å². The number of carbonyl (C=O) groups is 2. The number of benzene rings is 1. The van der Waals surface area contributed by atoms with Crippen molar-refractivity contribution in [3.05, 3.63) is 24.3 Å². The van der Waals surface area contributed by atoms with Crippen molar-refractivity contribution in [2.45, 2.75) is 37.6 Å². The number of hydrogen-bond acceptors (Lipinski definition) is 4. The molecule has 0 heterocycles. The molecule has 0 aliphatic rings. The lowest BCUT2D eigenvalue weighted by Crippen LogP contribution is -2.40. The third-order valence-electron chi connectivity index (χ3n) is 3.18. The van der Waals surface area contributed by atoms with Gasteiger partial charge in [-0.05, 0) is 30.7 Å². The Kier molecular flexibility index (Phi) is 6.07. The Morgan fingerprint density at radius 3 is 2.23 bits per heavy atom. The van der Waals surface area contributed by atoms with Gasteiger partial charge in [-0.25, -0.2) is 8.42 Å². The van der Waals surface area contributed by atoms with Gasteiger partial charge in [0.2, 0.25) is 15.9 Å². The van der Waals surface area contributed by atoms with Crippen molar-refractivity contribution in [1.82, 2.24) is 4.72 Å². The lowest BCUT2D eigenvalue weighted by Gasteiger charge is -2.16. The molecule has 0 aliphatic carbocycles. The van der Waals surface area contributed by atoms with Gasteiger partial charge >= 0.3 is 5.97 Å². The molecule has 0 saturated heterocycles. The molecule has 0 radical (unpaired) electrons. The Bertz CT molecular complexity index is 640. The second-order valence-corrected chi connectivity index (χ2v) is 6.59. The van der Waals surface area contributed by atoms with Crippen LogP contribution >= 0.6 is 0 Å². The van der Waals surface area contributed by atoms with Gasteiger partial charge in [-0.2, -0.15) is 4.72 Å². The lowest BCUT2D eigenvalue weighted by molar-refractivity contribution is -0.139. The zero-order valence-corrected chi connectivity index (χ0v) is 13.6. The summed E-state index contributed by atoms with van der Waals surface area (Å²) in [6, 6.07) is 4.50. The van der Waals surface area contributed by atoms with Gasteiger partial charge in [0.25, 0.3) is 0 Å². The minimum atomic E-state index is -3.92. The Labute approximate surface area is 130 Å². The average Bonchev–Trinajstić information content (AvgIpc) is 2.45. The van der Waals surface area contributed by atoms with Crippen LogP contribution in [0.3, 0.4) is 0 Å². The SMILES string of the molecule is CCCC(NS(=O)(=O)c1ccc(N(C)C(C)=O)cc1)C(=O)O. The summed E-state index contributed by atoms with van der Waals surface area (Å²) in [5.41, 5.74) is 0.551. The van der Waals surface area contributed by atoms with Crippen molar-refractivity contribution >= 4 is 27.6 Å². The largest absolute Gasteiger partial charge is 0.480 e. The molecule has 1 rings (SSSR count). The van der Waals surface area contributed by atoms with Crippen LogP contribution < -0.4 is 9.62 Å². The number of amides is 1. The summed E-state index contributed by atoms with van der Waals surface area (Å²) in [6.07, 6.45) is 0.752. The van der Waals surface area contributed by atoms with Crippen molar-refractivity contribution in [3.8, 4) is 0 Å². The first-order valence-electron chi connectivity index (χ1n) is 6.78. The minimum absolute atomic E-state index is 0.0458. The summed E-state index contributed by atoms with van der Waals surface area (Å²) in [7, 11) is -2.35. The van der Waals surface area contributed by atoms with E-state index < -0.39 is 22.0 Å². The monoisotopic (exact) mass is 328 g/mol. The Balaban J connectivity index is 2.98. The standard InChI is InChI=1S/C14H20N2O5S/c1-4-5-13(14(18)19)15-22(20,21)12-8-6-11(7-9-12)16(3)10(2)17/h6-9,13,15H,4-5H2,1-3H3,(H,18,19). The summed E-state index contributed by atoms with van der Waals surface area (Å²) in [5.74, 6) is -1.39. The van der Waals surface area contributed by atoms with Gasteiger partial charge in [0, 0.05) is 19.7 Å². The molecule has 8 heteroatoms. The number of carbonyl (C=O) groups excluding carboxylic acids is 1. The third kappa shape index (κ3) is 4.54. The van der Waals surface area contributed by atoms with Crippen LogP contribution in [0.25, 0.3) is 0 Å². The summed E-state index contributed by atoms with van der Waals surface area (Å²) in [4.78, 5) is 23.6. The fourth-order valence-electron chi connectivity index (χ4n) is 1.81. The molecule has 2 N–H and O–H groups in total. The molecule has 0 saturated carbocycles. The number of sulfonamides is 1. The minimum Gasteiger partial charge on any atom is -0.480 e. The third-order valence-corrected chi connectivity index (χ3v) is 4.67. The molecule has 0 bridgehead atoms. The molecule has 0 spiro atoms. The first-order chi connectivity index (χ1) is 10.2. The van der Waals surface area contributed by atoms with Gasteiger partial charge in [0.15, 0.2) is 0 Å². The number of hydrogen-bond donors (Lipinski definition) is 2. The van der Waals surface area contributed by atoms with Gasteiger partial charge < -0.3 is 10.0 Å². The number of carboxylic acids is 1. The summed E-state index contributed by atoms with van der Waals surface area (Å²) in [5, 5.41) is 9.02. The van der Waals surface area contributed by atoms with Crippen LogP contribution in [-0.2, 0) is 19.6 Å². The fourth-order valence-corrected chi connectivity index (χ4v) is 3.03. The van der Waals surface area contributed by atoms with Crippen LogP contribution in [0.4, 0.5) is 5.69 Å². The maximum atomic E-state index is 12.2. The maximum absolute atomic E-state index is 12.2. The quantitative estimate of drug-likeness (QED) is 0.783. The van der Waals surface area contributed by atoms with Crippen LogP contribution in [0.15, 0.2) is 29.2 Å². The van der Waals surface area contributed by atoms with E-state index >= 15 is 0 Å². The van der Waals surface area contributed by atoms with Gasteiger partial charge in [0.05, 0.1) is 4.90 Å². The van der Waals surface area contributed by atoms with Crippen LogP contribution in [0, 0.1) is 0 Å². The van der Waals surface area contributed by atoms with Crippen LogP contribution in [0.5, 0.6) is 0 Å². The molecule has 1 atom stereocenters. The Morgan fingerprint density at radius 1 is 1.27 bits per heavy atom. The molecule has 1 aromatic carbocycles. The highest BCUT2D eigenvalue weighted by atomic mass is 32.2. The predicted molar refractivity (Wildman–Crippen MR) is 82.2 cm³/mol. The van der Waals surface area contributed by atoms with Crippen molar-refractivity contribution in [3.63, 3.8) is 0 Å². The van der Waals surface area contributed by atoms with Gasteiger partial charge in [-0.15, -0.1) is 0 Å². The Hall–Kier alpha value is -1.93. The maximum Gasteiger partial charge on any atom is 0.321 e. The van der Waals surface area contributed by atoms with E-state index in [9.17, 15) is 18.0 Å². The second-order valence-electron chi connectivity index (χ2n) is 4.87. The van der Waals surface area contributed by atoms with Gasteiger partial charge in [-0.1, -0.05) is 13.3 Å². The molecule has 7 nitrogen and oxygen atoms in total. The molecule has 0 aromatic heterocycles. The van der Waals surface area contributed by atoms with E-state index in [0.717, 1.165) is 0 Å². The lowest BCUT2D eigenvalue weighted by atomic mass is 10.2. The molecule has 1 amide bonds. The average molecular weight is 328 g/mol. The van der Waals surface area contributed by atoms with Crippen molar-refractivity contribution in [2.75, 3.05) is 11.9 Å². The normalized spacial score (nSPS) is 12.7. The molecular weight excluding hydrogens is 308 g/mol. The first-order valence-corrected chi connectivity index (χ1v) is 8.27. The van der Waals surface area contributed by atoms with Crippen molar-refractivity contribution < 1.29 is 23.1 Å². The number of aliphatic carboxylic acids is 1. The van der Waals surface area contributed by atoms with E-state index in [0.29, 0.717) is 12.1 Å². The summed E-state index contributed by atoms with van der Waals surface area (Å²) >= 11 is 0. The highest BCUT2D eigenvalue weighted by Gasteiger charge is 2.24. The fraction of sp³-hybridized carbons (Fsp3) is 0.429. The van der Waals surface area contributed by atoms with Gasteiger partial charge in [0.1, 0.15) is 6.04 Å². The van der Waals surface area contributed by atoms with Crippen molar-refractivity contribution in [1.29, 1.82) is 0 Å². The van der Waals surface area contributed by atoms with E-state index in [1.54, 1.807) is 14.0 Å². The highest BCUT2D eigenvalue weighted by Crippen LogP contribution is 2.17. The Morgan fingerprint density at radius 2 is 1.82 bits per heavy atom. The number of rotatable bonds is 7. The number of carboxylic acid groups (broad SMARTS) is 1. The van der Waals surface area contributed by atoms with E-state index in [1.807, 2.05) is 0 Å². The zero-order chi connectivity index (χ0) is 16.9. The smallest absolute Gasteiger partial charge is 0.321 e. The zero-order valence-electron chi connectivity index (χ0n) is 12.7. The van der Waals surface area contributed by atoms with E-state index in [2.05, 4.69) is 4.72 Å². The van der Waals surface area contributed by atoms with E-state index in [1.165, 1.54) is 36.1 Å². The summed E-state index contributed by atoms with van der Waals surface area (Å²) < 4.78 is 26.5. The second kappa shape index (κ2) is 7.37. The first kappa shape index (κ1) is 18.1. The predicted octanol–water partition coefficient (Wildman–Crippen LogP) is 1.20. The number of anilines is 1. The topological polar surface area (TPSA) is 104 Å². The molecule has 1 unspecified atom stereocenters. The summed E-state index contributed by atoms with van der Waals surface area (Å²) in [6.45, 7) is 3.17. The highest BCUT2D eigenvalue weighted by molar-refractivity contribution is 7.89. The molecule has 22 heavy (non-hydrogen) atoms. The van der Waals surface area contributed by atoms with E-state index in [-0.39, 0.29) is 17.2 Å². The molecular formula is C14H20N2O5S. The molecule has 122 valence electrons. The number of nitrogens with zero attached hydrogens (tertiary/aromatic N) is 1. The molecule has 0 fully saturated rings. The van der Waals surface area contributed by atoms with Gasteiger partial charge in [-0.3, -0.25) is 9.59 Å². The van der Waals surface area contributed by atoms with E-state index in [4.69, 9.17) is 5.11 Å². The van der Waals surface area contributed by atoms with Crippen LogP contribution in [0.1, 0.15) is 26.7 Å². The van der Waals surface area contributed by atoms with Crippen molar-refractivity contribution in [2.24, 2.45) is 0 Å². The number of nitrogens with one attached hydrogen (secondary N) is 1. The van der Waals surface area contributed by atoms with Crippen LogP contribution in [-0.4, -0.2) is 38.5 Å².